The number of halogens is 1. The fourth-order valence-corrected chi connectivity index (χ4v) is 10.2. The van der Waals surface area contributed by atoms with Crippen molar-refractivity contribution in [3.8, 4) is 6.07 Å². The van der Waals surface area contributed by atoms with Crippen LogP contribution >= 0.6 is 15.9 Å². The van der Waals surface area contributed by atoms with E-state index in [9.17, 15) is 18.5 Å². The topological polar surface area (TPSA) is 109 Å². The molecule has 2 aliphatic heterocycles. The van der Waals surface area contributed by atoms with Crippen molar-refractivity contribution < 1.29 is 17.9 Å². The molecule has 2 aromatic carbocycles. The van der Waals surface area contributed by atoms with E-state index in [1.165, 1.54) is 4.68 Å². The highest BCUT2D eigenvalue weighted by Crippen LogP contribution is 2.51. The summed E-state index contributed by atoms with van der Waals surface area (Å²) in [5.74, 6) is 0.548. The number of rotatable bonds is 10. The molecule has 0 radical (unpaired) electrons. The van der Waals surface area contributed by atoms with E-state index in [4.69, 9.17) is 4.74 Å². The minimum Gasteiger partial charge on any atom is -0.462 e. The second-order valence-electron chi connectivity index (χ2n) is 13.1. The van der Waals surface area contributed by atoms with Crippen LogP contribution in [0.2, 0.25) is 0 Å². The van der Waals surface area contributed by atoms with Gasteiger partial charge in [-0.3, -0.25) is 9.48 Å². The van der Waals surface area contributed by atoms with Gasteiger partial charge in [0.1, 0.15) is 6.10 Å². The van der Waals surface area contributed by atoms with Crippen LogP contribution in [-0.4, -0.2) is 67.9 Å². The lowest BCUT2D eigenvalue weighted by molar-refractivity contribution is -0.151. The molecule has 0 bridgehead atoms. The van der Waals surface area contributed by atoms with Crippen LogP contribution < -0.4 is 4.90 Å². The molecule has 0 spiro atoms. The normalized spacial score (nSPS) is 22.6. The molecule has 1 aromatic heterocycles. The zero-order valence-corrected chi connectivity index (χ0v) is 28.9. The molecule has 3 aromatic rings. The summed E-state index contributed by atoms with van der Waals surface area (Å²) in [4.78, 5) is 17.4. The lowest BCUT2D eigenvalue weighted by atomic mass is 9.59. The summed E-state index contributed by atoms with van der Waals surface area (Å²) >= 11 is 3.31. The number of hydrogen-bond acceptors (Lipinski definition) is 8. The molecule has 2 saturated heterocycles. The van der Waals surface area contributed by atoms with Crippen molar-refractivity contribution in [1.82, 2.24) is 14.7 Å². The first-order valence-corrected chi connectivity index (χ1v) is 18.6. The van der Waals surface area contributed by atoms with Gasteiger partial charge in [-0.05, 0) is 96.9 Å². The first-order valence-electron chi connectivity index (χ1n) is 16.3. The molecule has 0 amide bonds. The molecular formula is C35H42BrN5O4S. The SMILES string of the molecule is CCC(=O)O[C@H]1CCC[C@@H]1C(C#N)(c1ccccc1)C1CCN(CC2CN(c3ccc(S(=O)(=O)c4nn(C)cc4Br)cc3)C2)CC1. The van der Waals surface area contributed by atoms with E-state index >= 15 is 0 Å². The Morgan fingerprint density at radius 2 is 1.76 bits per heavy atom. The Bertz CT molecular complexity index is 1680. The van der Waals surface area contributed by atoms with Gasteiger partial charge in [0.25, 0.3) is 0 Å². The van der Waals surface area contributed by atoms with E-state index in [1.54, 1.807) is 25.4 Å². The van der Waals surface area contributed by atoms with Crippen molar-refractivity contribution in [3.05, 3.63) is 70.8 Å². The number of ether oxygens (including phenoxy) is 1. The minimum absolute atomic E-state index is 0.000930. The number of likely N-dealkylation sites (tertiary alicyclic amines) is 1. The van der Waals surface area contributed by atoms with Crippen LogP contribution in [0.25, 0.3) is 0 Å². The summed E-state index contributed by atoms with van der Waals surface area (Å²) in [6.45, 7) is 6.57. The Balaban J connectivity index is 1.07. The van der Waals surface area contributed by atoms with Gasteiger partial charge in [0, 0.05) is 56.8 Å². The molecule has 9 nitrogen and oxygen atoms in total. The van der Waals surface area contributed by atoms with Gasteiger partial charge in [0.2, 0.25) is 9.84 Å². The van der Waals surface area contributed by atoms with Gasteiger partial charge in [0.15, 0.2) is 5.03 Å². The highest BCUT2D eigenvalue weighted by Gasteiger charge is 2.53. The van der Waals surface area contributed by atoms with Gasteiger partial charge in [-0.15, -0.1) is 0 Å². The van der Waals surface area contributed by atoms with Crippen LogP contribution in [0.5, 0.6) is 0 Å². The summed E-state index contributed by atoms with van der Waals surface area (Å²) < 4.78 is 34.0. The highest BCUT2D eigenvalue weighted by atomic mass is 79.9. The number of aryl methyl sites for hydroxylation is 1. The molecule has 3 atom stereocenters. The number of piperidine rings is 1. The van der Waals surface area contributed by atoms with Gasteiger partial charge in [-0.25, -0.2) is 8.42 Å². The third-order valence-corrected chi connectivity index (χ3v) is 12.8. The molecule has 1 aliphatic carbocycles. The molecule has 1 unspecified atom stereocenters. The first kappa shape index (κ1) is 32.7. The standard InChI is InChI=1S/C35H42BrN5O4S/c1-3-33(42)45-32-11-7-10-30(32)35(24-37,26-8-5-4-6-9-26)27-16-18-40(19-17-27)20-25-21-41(22-25)28-12-14-29(15-13-28)46(43,44)34-31(36)23-39(2)38-34/h4-6,8-9,12-15,23,25,27,30,32H,3,7,10-11,16-22H2,1-2H3/t30-,32-,35?/m0/s1. The van der Waals surface area contributed by atoms with E-state index in [2.05, 4.69) is 49.0 Å². The van der Waals surface area contributed by atoms with Gasteiger partial charge in [0.05, 0.1) is 20.9 Å². The molecule has 0 N–H and O–H groups in total. The van der Waals surface area contributed by atoms with Crippen LogP contribution in [0, 0.1) is 29.1 Å². The maximum absolute atomic E-state index is 13.1. The summed E-state index contributed by atoms with van der Waals surface area (Å²) in [6, 6.07) is 20.1. The van der Waals surface area contributed by atoms with Crippen molar-refractivity contribution in [3.63, 3.8) is 0 Å². The molecule has 46 heavy (non-hydrogen) atoms. The number of sulfone groups is 1. The summed E-state index contributed by atoms with van der Waals surface area (Å²) in [5, 5.41) is 15.1. The fraction of sp³-hybridized carbons (Fsp3) is 0.514. The van der Waals surface area contributed by atoms with Gasteiger partial charge in [-0.1, -0.05) is 37.3 Å². The van der Waals surface area contributed by atoms with Gasteiger partial charge < -0.3 is 14.5 Å². The van der Waals surface area contributed by atoms with Crippen molar-refractivity contribution in [2.24, 2.45) is 24.8 Å². The second-order valence-corrected chi connectivity index (χ2v) is 15.8. The average molecular weight is 709 g/mol. The number of benzene rings is 2. The lowest BCUT2D eigenvalue weighted by Crippen LogP contribution is -2.54. The Kier molecular flexibility index (Phi) is 9.60. The van der Waals surface area contributed by atoms with E-state index in [0.717, 1.165) is 76.1 Å². The van der Waals surface area contributed by atoms with Crippen LogP contribution in [-0.2, 0) is 31.8 Å². The number of nitriles is 1. The number of esters is 1. The molecule has 3 heterocycles. The number of carbonyl (C=O) groups is 1. The monoisotopic (exact) mass is 707 g/mol. The smallest absolute Gasteiger partial charge is 0.305 e. The zero-order chi connectivity index (χ0) is 32.5. The number of hydrogen-bond donors (Lipinski definition) is 0. The first-order chi connectivity index (χ1) is 22.1. The summed E-state index contributed by atoms with van der Waals surface area (Å²) in [6.07, 6.45) is 6.34. The minimum atomic E-state index is -3.71. The highest BCUT2D eigenvalue weighted by molar-refractivity contribution is 9.10. The molecule has 3 fully saturated rings. The number of anilines is 1. The molecule has 244 valence electrons. The number of aromatic nitrogens is 2. The van der Waals surface area contributed by atoms with Crippen LogP contribution in [0.1, 0.15) is 51.0 Å². The van der Waals surface area contributed by atoms with Crippen molar-refractivity contribution in [2.75, 3.05) is 37.6 Å². The van der Waals surface area contributed by atoms with Gasteiger partial charge >= 0.3 is 5.97 Å². The Morgan fingerprint density at radius 3 is 2.37 bits per heavy atom. The van der Waals surface area contributed by atoms with Crippen molar-refractivity contribution in [2.45, 2.75) is 66.9 Å². The van der Waals surface area contributed by atoms with E-state index in [-0.39, 0.29) is 33.8 Å². The van der Waals surface area contributed by atoms with E-state index in [0.29, 0.717) is 16.8 Å². The predicted molar refractivity (Wildman–Crippen MR) is 179 cm³/mol. The van der Waals surface area contributed by atoms with Crippen LogP contribution in [0.15, 0.2) is 75.2 Å². The maximum atomic E-state index is 13.1. The summed E-state index contributed by atoms with van der Waals surface area (Å²) in [7, 11) is -2.01. The Hall–Kier alpha value is -3.20. The molecule has 1 saturated carbocycles. The molecule has 3 aliphatic rings. The number of nitrogens with zero attached hydrogens (tertiary/aromatic N) is 5. The van der Waals surface area contributed by atoms with Crippen LogP contribution in [0.4, 0.5) is 5.69 Å². The van der Waals surface area contributed by atoms with E-state index in [1.807, 2.05) is 37.3 Å². The molecule has 11 heteroatoms. The van der Waals surface area contributed by atoms with Gasteiger partial charge in [-0.2, -0.15) is 10.4 Å². The van der Waals surface area contributed by atoms with Crippen molar-refractivity contribution in [1.29, 1.82) is 5.26 Å². The lowest BCUT2D eigenvalue weighted by Gasteiger charge is -2.48. The van der Waals surface area contributed by atoms with E-state index < -0.39 is 15.3 Å². The number of carbonyl (C=O) groups excluding carboxylic acids is 1. The molecule has 6 rings (SSSR count). The Labute approximate surface area is 280 Å². The second kappa shape index (κ2) is 13.5. The fourth-order valence-electron chi connectivity index (χ4n) is 7.95. The maximum Gasteiger partial charge on any atom is 0.305 e. The Morgan fingerprint density at radius 1 is 1.07 bits per heavy atom. The average Bonchev–Trinajstić information content (AvgIpc) is 3.66. The third kappa shape index (κ3) is 6.24. The predicted octanol–water partition coefficient (Wildman–Crippen LogP) is 5.75. The third-order valence-electron chi connectivity index (χ3n) is 10.3. The van der Waals surface area contributed by atoms with Crippen molar-refractivity contribution >= 4 is 37.4 Å². The summed E-state index contributed by atoms with van der Waals surface area (Å²) in [5.41, 5.74) is 1.40. The largest absolute Gasteiger partial charge is 0.462 e. The van der Waals surface area contributed by atoms with Crippen LogP contribution in [0.3, 0.4) is 0 Å². The quantitative estimate of drug-likeness (QED) is 0.245. The zero-order valence-electron chi connectivity index (χ0n) is 26.5. The molecular weight excluding hydrogens is 666 g/mol.